The molecule has 0 spiro atoms. The molecule has 1 aliphatic heterocycles. The molecule has 1 aliphatic rings. The van der Waals surface area contributed by atoms with Crippen LogP contribution in [0, 0.1) is 6.92 Å². The number of hydrogen-bond donors (Lipinski definition) is 1. The highest BCUT2D eigenvalue weighted by atomic mass is 127. The van der Waals surface area contributed by atoms with Crippen LogP contribution in [0.1, 0.15) is 25.0 Å². The fourth-order valence-electron chi connectivity index (χ4n) is 2.97. The Balaban J connectivity index is 0.00000338. The first-order chi connectivity index (χ1) is 12.0. The highest BCUT2D eigenvalue weighted by Gasteiger charge is 2.20. The summed E-state index contributed by atoms with van der Waals surface area (Å²) in [6, 6.07) is 6.30. The number of methoxy groups -OCH3 is 1. The number of benzene rings is 1. The summed E-state index contributed by atoms with van der Waals surface area (Å²) in [7, 11) is 1.70. The van der Waals surface area contributed by atoms with Crippen molar-refractivity contribution in [3.8, 4) is 5.75 Å². The molecule has 0 unspecified atom stereocenters. The van der Waals surface area contributed by atoms with Gasteiger partial charge in [-0.25, -0.2) is 0 Å². The van der Waals surface area contributed by atoms with Crippen LogP contribution in [-0.4, -0.2) is 68.0 Å². The number of rotatable bonds is 5. The number of carbonyl (C=O) groups is 1. The van der Waals surface area contributed by atoms with Gasteiger partial charge >= 0.3 is 0 Å². The van der Waals surface area contributed by atoms with E-state index in [1.54, 1.807) is 14.0 Å². The normalized spacial score (nSPS) is 14.7. The quantitative estimate of drug-likeness (QED) is 0.405. The number of aliphatic imine (C=N–C) groups is 1. The minimum atomic E-state index is 0. The van der Waals surface area contributed by atoms with Crippen LogP contribution in [0.4, 0.5) is 0 Å². The third-order valence-corrected chi connectivity index (χ3v) is 4.49. The van der Waals surface area contributed by atoms with Crippen LogP contribution in [0.5, 0.6) is 5.75 Å². The van der Waals surface area contributed by atoms with Crippen LogP contribution in [0.15, 0.2) is 23.2 Å². The van der Waals surface area contributed by atoms with Crippen LogP contribution in [0.25, 0.3) is 0 Å². The molecule has 1 N–H and O–H groups in total. The van der Waals surface area contributed by atoms with Gasteiger partial charge in [0.25, 0.3) is 0 Å². The van der Waals surface area contributed by atoms with E-state index in [2.05, 4.69) is 35.3 Å². The smallest absolute Gasteiger partial charge is 0.219 e. The van der Waals surface area contributed by atoms with Gasteiger partial charge in [-0.2, -0.15) is 0 Å². The van der Waals surface area contributed by atoms with E-state index >= 15 is 0 Å². The molecule has 1 saturated heterocycles. The minimum Gasteiger partial charge on any atom is -0.496 e. The van der Waals surface area contributed by atoms with E-state index in [1.165, 1.54) is 5.56 Å². The van der Waals surface area contributed by atoms with Crippen molar-refractivity contribution >= 4 is 35.8 Å². The van der Waals surface area contributed by atoms with Gasteiger partial charge in [-0.1, -0.05) is 12.1 Å². The molecule has 1 fully saturated rings. The highest BCUT2D eigenvalue weighted by molar-refractivity contribution is 14.0. The Morgan fingerprint density at radius 1 is 1.23 bits per heavy atom. The van der Waals surface area contributed by atoms with Crippen molar-refractivity contribution in [3.05, 3.63) is 29.3 Å². The Morgan fingerprint density at radius 2 is 1.88 bits per heavy atom. The second kappa shape index (κ2) is 11.3. The molecule has 1 amide bonds. The van der Waals surface area contributed by atoms with Crippen molar-refractivity contribution in [2.75, 3.05) is 46.4 Å². The molecule has 0 saturated carbocycles. The maximum atomic E-state index is 11.5. The highest BCUT2D eigenvalue weighted by Crippen LogP contribution is 2.19. The third kappa shape index (κ3) is 6.34. The molecule has 146 valence electrons. The van der Waals surface area contributed by atoms with E-state index in [0.29, 0.717) is 0 Å². The molecule has 0 aliphatic carbocycles. The first-order valence-corrected chi connectivity index (χ1v) is 8.97. The molecule has 7 heteroatoms. The molecular weight excluding hydrogens is 443 g/mol. The molecule has 6 nitrogen and oxygen atoms in total. The number of ether oxygens (including phenoxy) is 1. The number of halogens is 1. The van der Waals surface area contributed by atoms with Crippen LogP contribution in [-0.2, 0) is 11.2 Å². The van der Waals surface area contributed by atoms with Gasteiger partial charge in [-0.05, 0) is 37.5 Å². The van der Waals surface area contributed by atoms with Gasteiger partial charge in [0, 0.05) is 46.2 Å². The van der Waals surface area contributed by atoms with Gasteiger partial charge in [0.2, 0.25) is 5.91 Å². The summed E-state index contributed by atoms with van der Waals surface area (Å²) < 4.78 is 5.39. The van der Waals surface area contributed by atoms with E-state index in [4.69, 9.17) is 9.73 Å². The lowest BCUT2D eigenvalue weighted by Gasteiger charge is -2.36. The predicted molar refractivity (Wildman–Crippen MR) is 117 cm³/mol. The summed E-state index contributed by atoms with van der Waals surface area (Å²) in [5.74, 6) is 2.01. The molecule has 1 aromatic carbocycles. The standard InChI is InChI=1S/C19H30N4O2.HI/c1-5-20-19(23-12-10-22(11-13-23)16(3)24)21-9-8-17-7-6-15(2)18(14-17)25-4;/h6-7,14H,5,8-13H2,1-4H3,(H,20,21);1H. The van der Waals surface area contributed by atoms with Crippen LogP contribution < -0.4 is 10.1 Å². The van der Waals surface area contributed by atoms with Crippen molar-refractivity contribution in [1.82, 2.24) is 15.1 Å². The second-order valence-corrected chi connectivity index (χ2v) is 6.28. The lowest BCUT2D eigenvalue weighted by atomic mass is 10.1. The average Bonchev–Trinajstić information content (AvgIpc) is 2.62. The summed E-state index contributed by atoms with van der Waals surface area (Å²) in [6.07, 6.45) is 0.874. The monoisotopic (exact) mass is 474 g/mol. The van der Waals surface area contributed by atoms with Crippen LogP contribution in [0.2, 0.25) is 0 Å². The Hall–Kier alpha value is -1.51. The fraction of sp³-hybridized carbons (Fsp3) is 0.579. The molecule has 2 rings (SSSR count). The van der Waals surface area contributed by atoms with E-state index in [1.807, 2.05) is 11.8 Å². The van der Waals surface area contributed by atoms with Crippen molar-refractivity contribution < 1.29 is 9.53 Å². The molecule has 26 heavy (non-hydrogen) atoms. The second-order valence-electron chi connectivity index (χ2n) is 6.28. The summed E-state index contributed by atoms with van der Waals surface area (Å²) in [6.45, 7) is 10.5. The Kier molecular flexibility index (Phi) is 9.75. The average molecular weight is 474 g/mol. The van der Waals surface area contributed by atoms with E-state index < -0.39 is 0 Å². The van der Waals surface area contributed by atoms with Crippen molar-refractivity contribution in [2.45, 2.75) is 27.2 Å². The molecule has 0 atom stereocenters. The van der Waals surface area contributed by atoms with Gasteiger partial charge in [0.05, 0.1) is 7.11 Å². The Bertz CT molecular complexity index is 614. The third-order valence-electron chi connectivity index (χ3n) is 4.49. The first kappa shape index (κ1) is 22.5. The molecule has 1 heterocycles. The van der Waals surface area contributed by atoms with E-state index in [-0.39, 0.29) is 29.9 Å². The molecule has 0 aromatic heterocycles. The van der Waals surface area contributed by atoms with Gasteiger partial charge in [-0.15, -0.1) is 24.0 Å². The fourth-order valence-corrected chi connectivity index (χ4v) is 2.97. The lowest BCUT2D eigenvalue weighted by molar-refractivity contribution is -0.130. The van der Waals surface area contributed by atoms with Gasteiger partial charge in [0.1, 0.15) is 5.75 Å². The number of aryl methyl sites for hydroxylation is 1. The van der Waals surface area contributed by atoms with Gasteiger partial charge in [-0.3, -0.25) is 9.79 Å². The zero-order valence-corrected chi connectivity index (χ0v) is 18.6. The molecule has 0 bridgehead atoms. The van der Waals surface area contributed by atoms with Crippen molar-refractivity contribution in [1.29, 1.82) is 0 Å². The number of piperazine rings is 1. The Morgan fingerprint density at radius 3 is 2.46 bits per heavy atom. The van der Waals surface area contributed by atoms with Gasteiger partial charge < -0.3 is 19.9 Å². The Labute approximate surface area is 174 Å². The molecular formula is C19H31IN4O2. The number of guanidine groups is 1. The number of amides is 1. The SMILES string of the molecule is CCNC(=NCCc1ccc(C)c(OC)c1)N1CCN(C(C)=O)CC1.I. The van der Waals surface area contributed by atoms with E-state index in [0.717, 1.165) is 63.0 Å². The lowest BCUT2D eigenvalue weighted by Crippen LogP contribution is -2.53. The number of carbonyl (C=O) groups excluding carboxylic acids is 1. The van der Waals surface area contributed by atoms with Crippen LogP contribution in [0.3, 0.4) is 0 Å². The van der Waals surface area contributed by atoms with E-state index in [9.17, 15) is 4.79 Å². The summed E-state index contributed by atoms with van der Waals surface area (Å²) in [5.41, 5.74) is 2.37. The number of nitrogens with one attached hydrogen (secondary N) is 1. The maximum absolute atomic E-state index is 11.5. The summed E-state index contributed by atoms with van der Waals surface area (Å²) >= 11 is 0. The topological polar surface area (TPSA) is 57.2 Å². The van der Waals surface area contributed by atoms with Crippen molar-refractivity contribution in [2.24, 2.45) is 4.99 Å². The largest absolute Gasteiger partial charge is 0.496 e. The zero-order chi connectivity index (χ0) is 18.2. The predicted octanol–water partition coefficient (Wildman–Crippen LogP) is 2.29. The molecule has 1 aromatic rings. The number of hydrogen-bond acceptors (Lipinski definition) is 3. The molecule has 0 radical (unpaired) electrons. The summed E-state index contributed by atoms with van der Waals surface area (Å²) in [4.78, 5) is 20.3. The first-order valence-electron chi connectivity index (χ1n) is 8.97. The zero-order valence-electron chi connectivity index (χ0n) is 16.2. The maximum Gasteiger partial charge on any atom is 0.219 e. The van der Waals surface area contributed by atoms with Crippen LogP contribution >= 0.6 is 24.0 Å². The minimum absolute atomic E-state index is 0. The van der Waals surface area contributed by atoms with Gasteiger partial charge in [0.15, 0.2) is 5.96 Å². The van der Waals surface area contributed by atoms with Crippen molar-refractivity contribution in [3.63, 3.8) is 0 Å². The summed E-state index contributed by atoms with van der Waals surface area (Å²) in [5, 5.41) is 3.36. The number of nitrogens with zero attached hydrogens (tertiary/aromatic N) is 3.